The summed E-state index contributed by atoms with van der Waals surface area (Å²) in [6.45, 7) is 6.62. The third-order valence-corrected chi connectivity index (χ3v) is 5.71. The number of amides is 1. The van der Waals surface area contributed by atoms with Crippen LogP contribution in [0.3, 0.4) is 0 Å². The van der Waals surface area contributed by atoms with Gasteiger partial charge in [0.2, 0.25) is 10.0 Å². The summed E-state index contributed by atoms with van der Waals surface area (Å²) in [6, 6.07) is 11.9. The Labute approximate surface area is 172 Å². The zero-order chi connectivity index (χ0) is 21.4. The Kier molecular flexibility index (Phi) is 8.04. The van der Waals surface area contributed by atoms with Gasteiger partial charge in [0.25, 0.3) is 5.91 Å². The highest BCUT2D eigenvalue weighted by atomic mass is 32.2. The highest BCUT2D eigenvalue weighted by Crippen LogP contribution is 2.26. The second-order valence-electron chi connectivity index (χ2n) is 6.66. The van der Waals surface area contributed by atoms with Crippen LogP contribution < -0.4 is 19.5 Å². The van der Waals surface area contributed by atoms with Gasteiger partial charge >= 0.3 is 0 Å². The van der Waals surface area contributed by atoms with Crippen LogP contribution in [-0.2, 0) is 10.0 Å². The summed E-state index contributed by atoms with van der Waals surface area (Å²) < 4.78 is 38.6. The summed E-state index contributed by atoms with van der Waals surface area (Å²) in [7, 11) is -2.38. The monoisotopic (exact) mass is 420 g/mol. The van der Waals surface area contributed by atoms with Gasteiger partial charge in [0.1, 0.15) is 18.1 Å². The van der Waals surface area contributed by atoms with Crippen LogP contribution in [0, 0.1) is 0 Å². The average molecular weight is 421 g/mol. The van der Waals surface area contributed by atoms with Crippen molar-refractivity contribution in [3.05, 3.63) is 53.6 Å². The molecule has 0 atom stereocenters. The molecule has 29 heavy (non-hydrogen) atoms. The molecule has 0 aliphatic rings. The van der Waals surface area contributed by atoms with Crippen LogP contribution in [0.1, 0.15) is 42.6 Å². The molecule has 0 heterocycles. The van der Waals surface area contributed by atoms with Crippen molar-refractivity contribution in [2.24, 2.45) is 0 Å². The first-order valence-electron chi connectivity index (χ1n) is 9.47. The van der Waals surface area contributed by atoms with Gasteiger partial charge in [0, 0.05) is 13.1 Å². The number of nitrogens with one attached hydrogen (secondary N) is 2. The number of hydrogen-bond acceptors (Lipinski definition) is 5. The maximum atomic E-state index is 12.6. The van der Waals surface area contributed by atoms with E-state index in [0.717, 1.165) is 11.3 Å². The smallest absolute Gasteiger partial charge is 0.255 e. The fraction of sp³-hybridized carbons (Fsp3) is 0.381. The zero-order valence-corrected chi connectivity index (χ0v) is 18.0. The molecule has 2 N–H and O–H groups in total. The minimum Gasteiger partial charge on any atom is -0.496 e. The lowest BCUT2D eigenvalue weighted by atomic mass is 10.0. The van der Waals surface area contributed by atoms with Gasteiger partial charge < -0.3 is 14.8 Å². The van der Waals surface area contributed by atoms with E-state index >= 15 is 0 Å². The van der Waals surface area contributed by atoms with Crippen LogP contribution in [0.2, 0.25) is 0 Å². The van der Waals surface area contributed by atoms with Crippen molar-refractivity contribution in [1.29, 1.82) is 0 Å². The van der Waals surface area contributed by atoms with E-state index in [1.807, 2.05) is 24.3 Å². The van der Waals surface area contributed by atoms with Gasteiger partial charge in [-0.15, -0.1) is 0 Å². The van der Waals surface area contributed by atoms with Crippen molar-refractivity contribution in [2.45, 2.75) is 31.6 Å². The van der Waals surface area contributed by atoms with Crippen LogP contribution in [0.4, 0.5) is 0 Å². The summed E-state index contributed by atoms with van der Waals surface area (Å²) in [5.74, 6) is 0.957. The highest BCUT2D eigenvalue weighted by molar-refractivity contribution is 7.89. The summed E-state index contributed by atoms with van der Waals surface area (Å²) in [5, 5.41) is 2.65. The fourth-order valence-electron chi connectivity index (χ4n) is 2.80. The molecule has 0 fully saturated rings. The number of rotatable bonds is 10. The molecule has 2 rings (SSSR count). The van der Waals surface area contributed by atoms with Crippen molar-refractivity contribution in [3.8, 4) is 11.5 Å². The van der Waals surface area contributed by atoms with Gasteiger partial charge in [-0.05, 0) is 42.7 Å². The Hall–Kier alpha value is -2.58. The predicted molar refractivity (Wildman–Crippen MR) is 112 cm³/mol. The first-order valence-corrected chi connectivity index (χ1v) is 11.0. The molecule has 0 saturated carbocycles. The normalized spacial score (nSPS) is 11.3. The number of carbonyl (C=O) groups is 1. The third kappa shape index (κ3) is 5.95. The summed E-state index contributed by atoms with van der Waals surface area (Å²) in [4.78, 5) is 12.2. The van der Waals surface area contributed by atoms with E-state index < -0.39 is 15.9 Å². The minimum atomic E-state index is -3.80. The maximum Gasteiger partial charge on any atom is 0.255 e. The summed E-state index contributed by atoms with van der Waals surface area (Å²) >= 11 is 0. The number of sulfonamides is 1. The maximum absolute atomic E-state index is 12.6. The molecule has 2 aromatic carbocycles. The first kappa shape index (κ1) is 22.7. The van der Waals surface area contributed by atoms with E-state index in [-0.39, 0.29) is 23.6 Å². The van der Waals surface area contributed by atoms with Crippen molar-refractivity contribution < 1.29 is 22.7 Å². The molecule has 1 amide bonds. The molecule has 0 aromatic heterocycles. The molecule has 2 aromatic rings. The predicted octanol–water partition coefficient (Wildman–Crippen LogP) is 2.93. The van der Waals surface area contributed by atoms with E-state index in [9.17, 15) is 13.2 Å². The molecule has 7 nitrogen and oxygen atoms in total. The van der Waals surface area contributed by atoms with E-state index in [2.05, 4.69) is 23.9 Å². The second-order valence-corrected chi connectivity index (χ2v) is 8.43. The van der Waals surface area contributed by atoms with Gasteiger partial charge in [0.05, 0.1) is 17.6 Å². The molecular weight excluding hydrogens is 392 g/mol. The Morgan fingerprint density at radius 2 is 1.83 bits per heavy atom. The molecule has 0 radical (unpaired) electrons. The molecule has 0 saturated heterocycles. The summed E-state index contributed by atoms with van der Waals surface area (Å²) in [6.07, 6.45) is 0. The lowest BCUT2D eigenvalue weighted by Gasteiger charge is -2.14. The molecule has 8 heteroatoms. The van der Waals surface area contributed by atoms with Crippen LogP contribution in [0.25, 0.3) is 0 Å². The number of carbonyl (C=O) groups excluding carboxylic acids is 1. The van der Waals surface area contributed by atoms with E-state index in [0.29, 0.717) is 18.2 Å². The standard InChI is InChI=1S/C21H28N2O5S/c1-5-22-21(24)18-14-16(10-11-19(18)27-4)29(25,26)23-12-13-28-20-9-7-6-8-17(20)15(2)3/h6-11,14-15,23H,5,12-13H2,1-4H3,(H,22,24). The van der Waals surface area contributed by atoms with E-state index in [1.54, 1.807) is 6.92 Å². The van der Waals surface area contributed by atoms with Crippen LogP contribution in [0.15, 0.2) is 47.4 Å². The van der Waals surface area contributed by atoms with Gasteiger partial charge in [-0.2, -0.15) is 0 Å². The number of para-hydroxylation sites is 1. The quantitative estimate of drug-likeness (QED) is 0.577. The second kappa shape index (κ2) is 10.3. The van der Waals surface area contributed by atoms with Crippen molar-refractivity contribution in [2.75, 3.05) is 26.8 Å². The van der Waals surface area contributed by atoms with Crippen LogP contribution in [0.5, 0.6) is 11.5 Å². The Balaban J connectivity index is 2.06. The van der Waals surface area contributed by atoms with Crippen molar-refractivity contribution >= 4 is 15.9 Å². The number of hydrogen-bond donors (Lipinski definition) is 2. The van der Waals surface area contributed by atoms with Crippen LogP contribution >= 0.6 is 0 Å². The van der Waals surface area contributed by atoms with Crippen LogP contribution in [-0.4, -0.2) is 41.1 Å². The highest BCUT2D eigenvalue weighted by Gasteiger charge is 2.19. The van der Waals surface area contributed by atoms with Crippen molar-refractivity contribution in [3.63, 3.8) is 0 Å². The van der Waals surface area contributed by atoms with Crippen molar-refractivity contribution in [1.82, 2.24) is 10.0 Å². The molecule has 0 aliphatic carbocycles. The summed E-state index contributed by atoms with van der Waals surface area (Å²) in [5.41, 5.74) is 1.23. The fourth-order valence-corrected chi connectivity index (χ4v) is 3.84. The molecular formula is C21H28N2O5S. The lowest BCUT2D eigenvalue weighted by Crippen LogP contribution is -2.29. The average Bonchev–Trinajstić information content (AvgIpc) is 2.71. The number of methoxy groups -OCH3 is 1. The number of ether oxygens (including phenoxy) is 2. The van der Waals surface area contributed by atoms with E-state index in [1.165, 1.54) is 25.3 Å². The number of benzene rings is 2. The topological polar surface area (TPSA) is 93.7 Å². The zero-order valence-electron chi connectivity index (χ0n) is 17.2. The molecule has 0 unspecified atom stereocenters. The Morgan fingerprint density at radius 3 is 2.48 bits per heavy atom. The van der Waals surface area contributed by atoms with Gasteiger partial charge in [-0.3, -0.25) is 4.79 Å². The largest absolute Gasteiger partial charge is 0.496 e. The lowest BCUT2D eigenvalue weighted by molar-refractivity contribution is 0.0952. The van der Waals surface area contributed by atoms with E-state index in [4.69, 9.17) is 9.47 Å². The molecule has 158 valence electrons. The third-order valence-electron chi connectivity index (χ3n) is 4.26. The molecule has 0 aliphatic heterocycles. The molecule has 0 bridgehead atoms. The Morgan fingerprint density at radius 1 is 1.10 bits per heavy atom. The SMILES string of the molecule is CCNC(=O)c1cc(S(=O)(=O)NCCOc2ccccc2C(C)C)ccc1OC. The Bertz CT molecular complexity index is 942. The first-order chi connectivity index (χ1) is 13.8. The van der Waals surface area contributed by atoms with Gasteiger partial charge in [-0.1, -0.05) is 32.0 Å². The minimum absolute atomic E-state index is 0.0119. The molecule has 0 spiro atoms. The van der Waals surface area contributed by atoms with Gasteiger partial charge in [-0.25, -0.2) is 13.1 Å². The van der Waals surface area contributed by atoms with Gasteiger partial charge in [0.15, 0.2) is 0 Å².